The molecular formula is C16H34O4. The van der Waals surface area contributed by atoms with Gasteiger partial charge in [0, 0.05) is 6.61 Å². The van der Waals surface area contributed by atoms with Crippen LogP contribution in [0, 0.1) is 11.3 Å². The van der Waals surface area contributed by atoms with Crippen molar-refractivity contribution in [3.8, 4) is 0 Å². The molecule has 0 aromatic heterocycles. The van der Waals surface area contributed by atoms with E-state index in [0.717, 1.165) is 5.92 Å². The molecule has 0 spiro atoms. The van der Waals surface area contributed by atoms with Crippen LogP contribution >= 0.6 is 0 Å². The molecule has 0 aliphatic carbocycles. The molecule has 4 nitrogen and oxygen atoms in total. The molecule has 0 aromatic rings. The average molecular weight is 290 g/mol. The Balaban J connectivity index is 0. The number of esters is 1. The number of hydrogen-bond acceptors (Lipinski definition) is 4. The van der Waals surface area contributed by atoms with Crippen molar-refractivity contribution >= 4 is 5.97 Å². The van der Waals surface area contributed by atoms with Crippen LogP contribution in [-0.2, 0) is 14.3 Å². The summed E-state index contributed by atoms with van der Waals surface area (Å²) in [7, 11) is 0. The van der Waals surface area contributed by atoms with Crippen molar-refractivity contribution in [2.45, 2.75) is 67.4 Å². The van der Waals surface area contributed by atoms with Crippen LogP contribution in [0.2, 0.25) is 0 Å². The topological polar surface area (TPSA) is 55.8 Å². The van der Waals surface area contributed by atoms with Crippen LogP contribution in [0.25, 0.3) is 0 Å². The number of ether oxygens (including phenoxy) is 2. The smallest absolute Gasteiger partial charge is 0.313 e. The van der Waals surface area contributed by atoms with Gasteiger partial charge in [0.25, 0.3) is 0 Å². The fourth-order valence-electron chi connectivity index (χ4n) is 1.10. The van der Waals surface area contributed by atoms with Crippen LogP contribution in [0.15, 0.2) is 0 Å². The van der Waals surface area contributed by atoms with Crippen molar-refractivity contribution in [1.29, 1.82) is 0 Å². The SMILES string of the molecule is CC(C)C.CCOC(=O)C(C)(C)COC(C)(C)CCO. The Morgan fingerprint density at radius 3 is 1.95 bits per heavy atom. The van der Waals surface area contributed by atoms with Crippen LogP contribution < -0.4 is 0 Å². The fourth-order valence-corrected chi connectivity index (χ4v) is 1.10. The molecule has 122 valence electrons. The number of rotatable bonds is 7. The first-order valence-corrected chi connectivity index (χ1v) is 7.40. The largest absolute Gasteiger partial charge is 0.466 e. The molecule has 0 rings (SSSR count). The molecule has 0 saturated carbocycles. The van der Waals surface area contributed by atoms with E-state index < -0.39 is 11.0 Å². The molecule has 0 amide bonds. The summed E-state index contributed by atoms with van der Waals surface area (Å²) in [5, 5.41) is 8.85. The maximum atomic E-state index is 11.6. The molecule has 0 aromatic carbocycles. The van der Waals surface area contributed by atoms with Crippen LogP contribution in [0.3, 0.4) is 0 Å². The van der Waals surface area contributed by atoms with E-state index in [1.807, 2.05) is 13.8 Å². The molecule has 4 heteroatoms. The molecule has 0 unspecified atom stereocenters. The van der Waals surface area contributed by atoms with Gasteiger partial charge in [-0.25, -0.2) is 0 Å². The molecule has 0 bridgehead atoms. The quantitative estimate of drug-likeness (QED) is 0.730. The lowest BCUT2D eigenvalue weighted by Gasteiger charge is -2.30. The van der Waals surface area contributed by atoms with Crippen LogP contribution in [0.1, 0.15) is 61.8 Å². The molecule has 0 fully saturated rings. The Bertz CT molecular complexity index is 254. The van der Waals surface area contributed by atoms with E-state index in [4.69, 9.17) is 14.6 Å². The second kappa shape index (κ2) is 10.2. The van der Waals surface area contributed by atoms with E-state index >= 15 is 0 Å². The Labute approximate surface area is 124 Å². The van der Waals surface area contributed by atoms with Crippen molar-refractivity contribution in [3.05, 3.63) is 0 Å². The Kier molecular flexibility index (Phi) is 11.0. The van der Waals surface area contributed by atoms with Gasteiger partial charge >= 0.3 is 5.97 Å². The highest BCUT2D eigenvalue weighted by molar-refractivity contribution is 5.76. The van der Waals surface area contributed by atoms with Gasteiger partial charge < -0.3 is 14.6 Å². The van der Waals surface area contributed by atoms with E-state index in [1.165, 1.54) is 0 Å². The number of carbonyl (C=O) groups is 1. The Morgan fingerprint density at radius 2 is 1.60 bits per heavy atom. The minimum Gasteiger partial charge on any atom is -0.466 e. The van der Waals surface area contributed by atoms with Gasteiger partial charge in [0.15, 0.2) is 0 Å². The third kappa shape index (κ3) is 12.4. The lowest BCUT2D eigenvalue weighted by atomic mass is 9.94. The van der Waals surface area contributed by atoms with E-state index in [1.54, 1.807) is 20.8 Å². The van der Waals surface area contributed by atoms with Crippen molar-refractivity contribution in [1.82, 2.24) is 0 Å². The summed E-state index contributed by atoms with van der Waals surface area (Å²) in [5.41, 5.74) is -1.07. The highest BCUT2D eigenvalue weighted by atomic mass is 16.5. The minimum atomic E-state index is -0.650. The summed E-state index contributed by atoms with van der Waals surface area (Å²) in [5.74, 6) is 0.579. The van der Waals surface area contributed by atoms with Crippen LogP contribution in [-0.4, -0.2) is 36.5 Å². The minimum absolute atomic E-state index is 0.0762. The van der Waals surface area contributed by atoms with Crippen LogP contribution in [0.4, 0.5) is 0 Å². The van der Waals surface area contributed by atoms with Gasteiger partial charge in [-0.1, -0.05) is 20.8 Å². The third-order valence-corrected chi connectivity index (χ3v) is 2.37. The van der Waals surface area contributed by atoms with Crippen LogP contribution in [0.5, 0.6) is 0 Å². The first-order chi connectivity index (χ1) is 8.98. The first-order valence-electron chi connectivity index (χ1n) is 7.40. The fraction of sp³-hybridized carbons (Fsp3) is 0.938. The normalized spacial score (nSPS) is 11.9. The van der Waals surface area contributed by atoms with E-state index in [2.05, 4.69) is 20.8 Å². The molecule has 1 N–H and O–H groups in total. The number of aliphatic hydroxyl groups excluding tert-OH is 1. The number of hydrogen-bond donors (Lipinski definition) is 1. The predicted octanol–water partition coefficient (Wildman–Crippen LogP) is 3.42. The maximum absolute atomic E-state index is 11.6. The summed E-state index contributed by atoms with van der Waals surface area (Å²) in [6.07, 6.45) is 0.548. The monoisotopic (exact) mass is 290 g/mol. The van der Waals surface area contributed by atoms with E-state index in [9.17, 15) is 4.79 Å². The second-order valence-electron chi connectivity index (χ2n) is 6.86. The van der Waals surface area contributed by atoms with Gasteiger partial charge in [-0.2, -0.15) is 0 Å². The zero-order valence-electron chi connectivity index (χ0n) is 14.6. The van der Waals surface area contributed by atoms with Gasteiger partial charge in [0.2, 0.25) is 0 Å². The highest BCUT2D eigenvalue weighted by Gasteiger charge is 2.32. The molecule has 0 aliphatic heterocycles. The average Bonchev–Trinajstić information content (AvgIpc) is 2.26. The summed E-state index contributed by atoms with van der Waals surface area (Å²) in [4.78, 5) is 11.6. The molecule has 0 heterocycles. The lowest BCUT2D eigenvalue weighted by molar-refractivity contribution is -0.161. The molecule has 20 heavy (non-hydrogen) atoms. The van der Waals surface area contributed by atoms with Gasteiger partial charge in [-0.3, -0.25) is 4.79 Å². The van der Waals surface area contributed by atoms with Crippen molar-refractivity contribution in [3.63, 3.8) is 0 Å². The van der Waals surface area contributed by atoms with Gasteiger partial charge in [0.05, 0.1) is 24.2 Å². The highest BCUT2D eigenvalue weighted by Crippen LogP contribution is 2.23. The number of carbonyl (C=O) groups excluding carboxylic acids is 1. The standard InChI is InChI=1S/C12H24O4.C4H10/c1-6-15-10(14)11(2,3)9-16-12(4,5)7-8-13;1-4(2)3/h13H,6-9H2,1-5H3;4H,1-3H3. The van der Waals surface area contributed by atoms with Crippen molar-refractivity contribution in [2.24, 2.45) is 11.3 Å². The second-order valence-corrected chi connectivity index (χ2v) is 6.86. The van der Waals surface area contributed by atoms with Gasteiger partial charge in [-0.15, -0.1) is 0 Å². The maximum Gasteiger partial charge on any atom is 0.313 e. The molecule has 0 aliphatic rings. The first kappa shape index (κ1) is 21.7. The lowest BCUT2D eigenvalue weighted by Crippen LogP contribution is -2.37. The zero-order chi connectivity index (χ0) is 16.4. The van der Waals surface area contributed by atoms with Gasteiger partial charge in [-0.05, 0) is 47.0 Å². The molecule has 0 radical (unpaired) electrons. The van der Waals surface area contributed by atoms with E-state index in [-0.39, 0.29) is 12.6 Å². The van der Waals surface area contributed by atoms with E-state index in [0.29, 0.717) is 19.6 Å². The van der Waals surface area contributed by atoms with Crippen molar-refractivity contribution < 1.29 is 19.4 Å². The number of aliphatic hydroxyl groups is 1. The third-order valence-electron chi connectivity index (χ3n) is 2.37. The van der Waals surface area contributed by atoms with Crippen molar-refractivity contribution in [2.75, 3.05) is 19.8 Å². The van der Waals surface area contributed by atoms with Gasteiger partial charge in [0.1, 0.15) is 0 Å². The summed E-state index contributed by atoms with van der Waals surface area (Å²) >= 11 is 0. The molecule has 0 saturated heterocycles. The zero-order valence-corrected chi connectivity index (χ0v) is 14.6. The summed E-state index contributed by atoms with van der Waals surface area (Å²) < 4.78 is 10.6. The summed E-state index contributed by atoms with van der Waals surface area (Å²) in [6, 6.07) is 0. The summed E-state index contributed by atoms with van der Waals surface area (Å²) in [6.45, 7) is 16.4. The Morgan fingerprint density at radius 1 is 1.15 bits per heavy atom. The molecular weight excluding hydrogens is 256 g/mol. The predicted molar refractivity (Wildman–Crippen MR) is 82.7 cm³/mol. The molecule has 0 atom stereocenters. The Hall–Kier alpha value is -0.610.